The van der Waals surface area contributed by atoms with E-state index in [0.29, 0.717) is 25.6 Å². The van der Waals surface area contributed by atoms with E-state index in [9.17, 15) is 8.42 Å². The fourth-order valence-electron chi connectivity index (χ4n) is 3.29. The average molecular weight is 413 g/mol. The molecule has 3 heterocycles. The van der Waals surface area contributed by atoms with E-state index in [1.54, 1.807) is 18.3 Å². The van der Waals surface area contributed by atoms with Crippen LogP contribution in [0.15, 0.2) is 47.5 Å². The summed E-state index contributed by atoms with van der Waals surface area (Å²) in [6.07, 6.45) is 1.67. The van der Waals surface area contributed by atoms with Crippen LogP contribution in [-0.4, -0.2) is 38.1 Å². The predicted octanol–water partition coefficient (Wildman–Crippen LogP) is 2.87. The smallest absolute Gasteiger partial charge is 0.240 e. The molecule has 4 rings (SSSR count). The van der Waals surface area contributed by atoms with Crippen molar-refractivity contribution >= 4 is 15.8 Å². The van der Waals surface area contributed by atoms with Gasteiger partial charge in [0.05, 0.1) is 18.1 Å². The van der Waals surface area contributed by atoms with Gasteiger partial charge in [-0.25, -0.2) is 18.1 Å². The average Bonchev–Trinajstić information content (AvgIpc) is 3.07. The zero-order valence-corrected chi connectivity index (χ0v) is 17.2. The fraction of sp³-hybridized carbons (Fsp3) is 0.286. The number of aromatic nitrogens is 2. The minimum atomic E-state index is -3.60. The van der Waals surface area contributed by atoms with E-state index in [4.69, 9.17) is 10.5 Å². The molecule has 1 fully saturated rings. The van der Waals surface area contributed by atoms with Gasteiger partial charge in [-0.05, 0) is 55.3 Å². The van der Waals surface area contributed by atoms with Crippen LogP contribution >= 0.6 is 0 Å². The van der Waals surface area contributed by atoms with Crippen LogP contribution in [0.25, 0.3) is 22.4 Å². The number of nitrogens with one attached hydrogen (secondary N) is 2. The van der Waals surface area contributed by atoms with Gasteiger partial charge < -0.3 is 15.5 Å². The third-order valence-electron chi connectivity index (χ3n) is 5.14. The first-order valence-electron chi connectivity index (χ1n) is 9.43. The molecule has 1 aliphatic rings. The van der Waals surface area contributed by atoms with Crippen molar-refractivity contribution in [3.05, 3.63) is 53.9 Å². The summed E-state index contributed by atoms with van der Waals surface area (Å²) < 4.78 is 33.2. The molecular formula is C21H24N4O3S. The van der Waals surface area contributed by atoms with Crippen molar-refractivity contribution in [3.8, 4) is 22.4 Å². The largest absolute Gasteiger partial charge is 0.383 e. The van der Waals surface area contributed by atoms with Crippen molar-refractivity contribution in [2.75, 3.05) is 25.5 Å². The van der Waals surface area contributed by atoms with Crippen molar-refractivity contribution in [1.82, 2.24) is 14.7 Å². The number of anilines is 1. The number of rotatable bonds is 6. The molecule has 29 heavy (non-hydrogen) atoms. The molecule has 0 bridgehead atoms. The van der Waals surface area contributed by atoms with E-state index in [0.717, 1.165) is 33.6 Å². The van der Waals surface area contributed by atoms with Crippen LogP contribution in [0.2, 0.25) is 0 Å². The Labute approximate surface area is 170 Å². The Morgan fingerprint density at radius 3 is 2.62 bits per heavy atom. The molecule has 2 aromatic heterocycles. The Hall–Kier alpha value is -2.68. The van der Waals surface area contributed by atoms with Crippen molar-refractivity contribution in [3.63, 3.8) is 0 Å². The van der Waals surface area contributed by atoms with Gasteiger partial charge in [-0.2, -0.15) is 0 Å². The van der Waals surface area contributed by atoms with Gasteiger partial charge in [0.15, 0.2) is 0 Å². The molecule has 1 aromatic carbocycles. The highest BCUT2D eigenvalue weighted by Gasteiger charge is 2.23. The highest BCUT2D eigenvalue weighted by atomic mass is 32.2. The molecule has 0 unspecified atom stereocenters. The van der Waals surface area contributed by atoms with Gasteiger partial charge in [0.1, 0.15) is 5.82 Å². The molecular weight excluding hydrogens is 388 g/mol. The molecule has 1 saturated heterocycles. The Bertz CT molecular complexity index is 1150. The molecule has 0 spiro atoms. The maximum atomic E-state index is 12.7. The molecule has 7 nitrogen and oxygen atoms in total. The molecule has 152 valence electrons. The van der Waals surface area contributed by atoms with Crippen molar-refractivity contribution < 1.29 is 13.2 Å². The number of H-pyrrole nitrogens is 1. The number of sulfonamides is 1. The lowest BCUT2D eigenvalue weighted by atomic mass is 10.00. The van der Waals surface area contributed by atoms with Crippen LogP contribution in [0.4, 0.5) is 5.82 Å². The first kappa shape index (κ1) is 19.6. The highest BCUT2D eigenvalue weighted by molar-refractivity contribution is 7.89. The summed E-state index contributed by atoms with van der Waals surface area (Å²) in [6.45, 7) is 5.49. The normalized spacial score (nSPS) is 14.7. The van der Waals surface area contributed by atoms with Gasteiger partial charge >= 0.3 is 0 Å². The van der Waals surface area contributed by atoms with Gasteiger partial charge in [0.2, 0.25) is 10.0 Å². The number of aryl methyl sites for hydroxylation is 2. The zero-order valence-electron chi connectivity index (χ0n) is 16.4. The van der Waals surface area contributed by atoms with Crippen LogP contribution in [0.1, 0.15) is 11.3 Å². The monoisotopic (exact) mass is 412 g/mol. The Morgan fingerprint density at radius 1 is 1.17 bits per heavy atom. The lowest BCUT2D eigenvalue weighted by molar-refractivity contribution is -0.0283. The summed E-state index contributed by atoms with van der Waals surface area (Å²) in [7, 11) is -3.60. The number of nitrogen functional groups attached to an aromatic ring is 1. The standard InChI is InChI=1S/C21H24N4O3S/c1-13-3-5-17(29(26,27)24-9-15-11-28-12-15)8-18(13)16-7-19(21(22)23-10-16)20-6-4-14(2)25-20/h3-8,10,15,24-25H,9,11-12H2,1-2H3,(H2,22,23). The second kappa shape index (κ2) is 7.62. The minimum absolute atomic E-state index is 0.229. The lowest BCUT2D eigenvalue weighted by Gasteiger charge is -2.25. The SMILES string of the molecule is Cc1ccc(-c2cc(-c3cc(S(=O)(=O)NCC4COC4)ccc3C)cnc2N)[nH]1. The summed E-state index contributed by atoms with van der Waals surface area (Å²) in [5.74, 6) is 0.657. The van der Waals surface area contributed by atoms with Crippen LogP contribution in [0.5, 0.6) is 0 Å². The second-order valence-electron chi connectivity index (χ2n) is 7.44. The Morgan fingerprint density at radius 2 is 1.97 bits per heavy atom. The summed E-state index contributed by atoms with van der Waals surface area (Å²) in [4.78, 5) is 7.82. The molecule has 0 saturated carbocycles. The van der Waals surface area contributed by atoms with Crippen molar-refractivity contribution in [1.29, 1.82) is 0 Å². The van der Waals surface area contributed by atoms with E-state index in [1.165, 1.54) is 0 Å². The van der Waals surface area contributed by atoms with Gasteiger partial charge in [-0.3, -0.25) is 0 Å². The van der Waals surface area contributed by atoms with Crippen LogP contribution in [-0.2, 0) is 14.8 Å². The zero-order chi connectivity index (χ0) is 20.6. The van der Waals surface area contributed by atoms with E-state index in [-0.39, 0.29) is 10.8 Å². The number of pyridine rings is 1. The molecule has 0 atom stereocenters. The topological polar surface area (TPSA) is 110 Å². The summed E-state index contributed by atoms with van der Waals surface area (Å²) in [5.41, 5.74) is 11.3. The maximum Gasteiger partial charge on any atom is 0.240 e. The number of nitrogens with zero attached hydrogens (tertiary/aromatic N) is 1. The number of hydrogen-bond acceptors (Lipinski definition) is 5. The van der Waals surface area contributed by atoms with E-state index in [2.05, 4.69) is 14.7 Å². The minimum Gasteiger partial charge on any atom is -0.383 e. The quantitative estimate of drug-likeness (QED) is 0.577. The van der Waals surface area contributed by atoms with Crippen molar-refractivity contribution in [2.45, 2.75) is 18.7 Å². The van der Waals surface area contributed by atoms with Crippen LogP contribution in [0, 0.1) is 19.8 Å². The Balaban J connectivity index is 1.69. The number of benzene rings is 1. The maximum absolute atomic E-state index is 12.7. The van der Waals surface area contributed by atoms with E-state index in [1.807, 2.05) is 38.1 Å². The summed E-state index contributed by atoms with van der Waals surface area (Å²) in [5, 5.41) is 0. The number of aromatic amines is 1. The lowest BCUT2D eigenvalue weighted by Crippen LogP contribution is -2.39. The van der Waals surface area contributed by atoms with Gasteiger partial charge in [-0.1, -0.05) is 6.07 Å². The molecule has 0 radical (unpaired) electrons. The third kappa shape index (κ3) is 4.05. The number of nitrogens with two attached hydrogens (primary N) is 1. The molecule has 0 amide bonds. The van der Waals surface area contributed by atoms with Gasteiger partial charge in [-0.15, -0.1) is 0 Å². The molecule has 3 aromatic rings. The number of ether oxygens (including phenoxy) is 1. The highest BCUT2D eigenvalue weighted by Crippen LogP contribution is 2.32. The summed E-state index contributed by atoms with van der Waals surface area (Å²) in [6, 6.07) is 11.0. The van der Waals surface area contributed by atoms with Crippen molar-refractivity contribution in [2.24, 2.45) is 5.92 Å². The van der Waals surface area contributed by atoms with Crippen LogP contribution < -0.4 is 10.5 Å². The van der Waals surface area contributed by atoms with E-state index < -0.39 is 10.0 Å². The Kier molecular flexibility index (Phi) is 5.16. The third-order valence-corrected chi connectivity index (χ3v) is 6.56. The first-order valence-corrected chi connectivity index (χ1v) is 10.9. The predicted molar refractivity (Wildman–Crippen MR) is 113 cm³/mol. The molecule has 1 aliphatic heterocycles. The first-order chi connectivity index (χ1) is 13.8. The molecule has 8 heteroatoms. The molecule has 0 aliphatic carbocycles. The fourth-order valence-corrected chi connectivity index (χ4v) is 4.43. The van der Waals surface area contributed by atoms with E-state index >= 15 is 0 Å². The number of hydrogen-bond donors (Lipinski definition) is 3. The van der Waals surface area contributed by atoms with Crippen LogP contribution in [0.3, 0.4) is 0 Å². The van der Waals surface area contributed by atoms with Gasteiger partial charge in [0.25, 0.3) is 0 Å². The second-order valence-corrected chi connectivity index (χ2v) is 9.21. The summed E-state index contributed by atoms with van der Waals surface area (Å²) >= 11 is 0. The van der Waals surface area contributed by atoms with Gasteiger partial charge in [0, 0.05) is 41.2 Å². The molecule has 4 N–H and O–H groups in total.